The van der Waals surface area contributed by atoms with Gasteiger partial charge in [-0.25, -0.2) is 0 Å². The van der Waals surface area contributed by atoms with E-state index in [0.717, 1.165) is 6.29 Å². The van der Waals surface area contributed by atoms with Crippen LogP contribution in [-0.2, 0) is 9.59 Å². The van der Waals surface area contributed by atoms with Gasteiger partial charge in [0.05, 0.1) is 0 Å². The van der Waals surface area contributed by atoms with Crippen LogP contribution in [0.25, 0.3) is 0 Å². The van der Waals surface area contributed by atoms with Crippen LogP contribution in [0.2, 0.25) is 0 Å². The first kappa shape index (κ1) is 5.44. The van der Waals surface area contributed by atoms with Gasteiger partial charge >= 0.3 is 0 Å². The van der Waals surface area contributed by atoms with E-state index < -0.39 is 11.4 Å². The van der Waals surface area contributed by atoms with Gasteiger partial charge < -0.3 is 5.11 Å². The topological polar surface area (TPSA) is 54.4 Å². The lowest BCUT2D eigenvalue weighted by molar-refractivity contribution is -0.122. The van der Waals surface area contributed by atoms with E-state index in [1.54, 1.807) is 0 Å². The average molecular weight is 113 g/mol. The Balaban J connectivity index is 2.58. The molecule has 0 unspecified atom stereocenters. The summed E-state index contributed by atoms with van der Waals surface area (Å²) in [5, 5.41) is 8.79. The highest BCUT2D eigenvalue weighted by atomic mass is 16.3. The van der Waals surface area contributed by atoms with Gasteiger partial charge in [0.1, 0.15) is 5.60 Å². The predicted octanol–water partition coefficient (Wildman–Crippen LogP) is -0.810. The molecule has 0 aromatic rings. The van der Waals surface area contributed by atoms with Crippen LogP contribution in [0.1, 0.15) is 12.8 Å². The van der Waals surface area contributed by atoms with Crippen molar-refractivity contribution in [2.24, 2.45) is 0 Å². The predicted molar refractivity (Wildman–Crippen MR) is 24.9 cm³/mol. The summed E-state index contributed by atoms with van der Waals surface area (Å²) in [4.78, 5) is 19.8. The minimum atomic E-state index is -1.30. The minimum Gasteiger partial charge on any atom is -0.382 e. The zero-order valence-corrected chi connectivity index (χ0v) is 4.18. The fourth-order valence-corrected chi connectivity index (χ4v) is 0.440. The van der Waals surface area contributed by atoms with Crippen molar-refractivity contribution >= 4 is 12.1 Å². The summed E-state index contributed by atoms with van der Waals surface area (Å²) < 4.78 is 0. The normalized spacial score (nSPS) is 22.1. The number of carbonyl (C=O) groups excluding carboxylic acids is 2. The minimum absolute atomic E-state index is 0.418. The van der Waals surface area contributed by atoms with Crippen molar-refractivity contribution in [3.05, 3.63) is 0 Å². The molecular weight excluding hydrogens is 108 g/mol. The van der Waals surface area contributed by atoms with Gasteiger partial charge in [-0.05, 0) is 12.8 Å². The summed E-state index contributed by atoms with van der Waals surface area (Å²) in [6.07, 6.45) is 1.96. The number of hydrogen-bond donors (Lipinski definition) is 1. The van der Waals surface area contributed by atoms with Gasteiger partial charge in [0.25, 0.3) is 6.29 Å². The molecule has 1 fully saturated rings. The second-order valence-corrected chi connectivity index (χ2v) is 1.96. The zero-order valence-electron chi connectivity index (χ0n) is 4.18. The number of hydrogen-bond acceptors (Lipinski definition) is 3. The smallest absolute Gasteiger partial charge is 0.275 e. The van der Waals surface area contributed by atoms with Crippen LogP contribution in [0.3, 0.4) is 0 Å². The molecule has 3 heteroatoms. The third-order valence-corrected chi connectivity index (χ3v) is 1.24. The van der Waals surface area contributed by atoms with E-state index in [-0.39, 0.29) is 0 Å². The highest BCUT2D eigenvalue weighted by Crippen LogP contribution is 2.34. The fraction of sp³-hybridized carbons (Fsp3) is 0.600. The van der Waals surface area contributed by atoms with Gasteiger partial charge in [-0.15, -0.1) is 0 Å². The standard InChI is InChI=1S/C5H5O3/c6-3-4(7)5(8)1-2-5/h8H,1-2H2. The van der Waals surface area contributed by atoms with Gasteiger partial charge in [-0.1, -0.05) is 0 Å². The molecule has 1 rings (SSSR count). The third-order valence-electron chi connectivity index (χ3n) is 1.24. The second-order valence-electron chi connectivity index (χ2n) is 1.96. The summed E-state index contributed by atoms with van der Waals surface area (Å²) in [6, 6.07) is 0. The van der Waals surface area contributed by atoms with E-state index >= 15 is 0 Å². The number of rotatable bonds is 2. The first-order valence-electron chi connectivity index (χ1n) is 2.34. The lowest BCUT2D eigenvalue weighted by atomic mass is 10.2. The van der Waals surface area contributed by atoms with Crippen molar-refractivity contribution in [1.82, 2.24) is 0 Å². The molecule has 0 saturated heterocycles. The van der Waals surface area contributed by atoms with Crippen molar-refractivity contribution in [1.29, 1.82) is 0 Å². The number of Topliss-reactive ketones (excluding diaryl/α,β-unsaturated/α-hetero) is 1. The molecule has 0 aromatic carbocycles. The van der Waals surface area contributed by atoms with E-state index in [2.05, 4.69) is 0 Å². The lowest BCUT2D eigenvalue weighted by Gasteiger charge is -1.94. The van der Waals surface area contributed by atoms with Crippen molar-refractivity contribution in [2.75, 3.05) is 0 Å². The average Bonchev–Trinajstić information content (AvgIpc) is 2.47. The molecule has 0 heterocycles. The van der Waals surface area contributed by atoms with Gasteiger partial charge in [0.2, 0.25) is 5.78 Å². The Bertz CT molecular complexity index is 135. The van der Waals surface area contributed by atoms with Crippen LogP contribution in [0.15, 0.2) is 0 Å². The molecule has 3 nitrogen and oxygen atoms in total. The maximum atomic E-state index is 10.2. The monoisotopic (exact) mass is 113 g/mol. The number of carbonyl (C=O) groups is 1. The van der Waals surface area contributed by atoms with Gasteiger partial charge in [-0.2, -0.15) is 0 Å². The molecule has 0 bridgehead atoms. The lowest BCUT2D eigenvalue weighted by Crippen LogP contribution is -2.22. The molecule has 1 N–H and O–H groups in total. The van der Waals surface area contributed by atoms with Gasteiger partial charge in [0, 0.05) is 0 Å². The third kappa shape index (κ3) is 0.648. The van der Waals surface area contributed by atoms with Crippen LogP contribution in [-0.4, -0.2) is 22.8 Å². The molecule has 8 heavy (non-hydrogen) atoms. The van der Waals surface area contributed by atoms with Crippen LogP contribution >= 0.6 is 0 Å². The Kier molecular flexibility index (Phi) is 0.942. The zero-order chi connectivity index (χ0) is 6.20. The van der Waals surface area contributed by atoms with Crippen LogP contribution in [0, 0.1) is 0 Å². The Hall–Kier alpha value is -0.700. The quantitative estimate of drug-likeness (QED) is 0.476. The second kappa shape index (κ2) is 1.39. The van der Waals surface area contributed by atoms with Crippen molar-refractivity contribution in [2.45, 2.75) is 18.4 Å². The summed E-state index contributed by atoms with van der Waals surface area (Å²) in [6.45, 7) is 0. The molecule has 0 aromatic heterocycles. The van der Waals surface area contributed by atoms with Crippen molar-refractivity contribution in [3.8, 4) is 0 Å². The maximum absolute atomic E-state index is 10.2. The summed E-state index contributed by atoms with van der Waals surface area (Å²) >= 11 is 0. The number of aliphatic hydroxyl groups is 1. The van der Waals surface area contributed by atoms with Gasteiger partial charge in [-0.3, -0.25) is 9.59 Å². The molecule has 1 aliphatic rings. The van der Waals surface area contributed by atoms with E-state index in [4.69, 9.17) is 5.11 Å². The van der Waals surface area contributed by atoms with Gasteiger partial charge in [0.15, 0.2) is 0 Å². The first-order valence-corrected chi connectivity index (χ1v) is 2.34. The Morgan fingerprint density at radius 1 is 1.62 bits per heavy atom. The van der Waals surface area contributed by atoms with Crippen LogP contribution in [0.5, 0.6) is 0 Å². The maximum Gasteiger partial charge on any atom is 0.275 e. The molecular formula is C5H5O3. The Morgan fingerprint density at radius 3 is 2.25 bits per heavy atom. The highest BCUT2D eigenvalue weighted by Gasteiger charge is 2.47. The highest BCUT2D eigenvalue weighted by molar-refractivity contribution is 6.30. The molecule has 0 spiro atoms. The van der Waals surface area contributed by atoms with Crippen molar-refractivity contribution < 1.29 is 14.7 Å². The Morgan fingerprint density at radius 2 is 2.12 bits per heavy atom. The summed E-state index contributed by atoms with van der Waals surface area (Å²) in [7, 11) is 0. The fourth-order valence-electron chi connectivity index (χ4n) is 0.440. The summed E-state index contributed by atoms with van der Waals surface area (Å²) in [5.41, 5.74) is -1.30. The molecule has 1 saturated carbocycles. The summed E-state index contributed by atoms with van der Waals surface area (Å²) in [5.74, 6) is -0.808. The molecule has 0 aliphatic heterocycles. The van der Waals surface area contributed by atoms with Crippen LogP contribution < -0.4 is 0 Å². The molecule has 0 amide bonds. The molecule has 1 aliphatic carbocycles. The van der Waals surface area contributed by atoms with Crippen molar-refractivity contribution in [3.63, 3.8) is 0 Å². The molecule has 43 valence electrons. The van der Waals surface area contributed by atoms with E-state index in [9.17, 15) is 9.59 Å². The first-order chi connectivity index (χ1) is 3.69. The Labute approximate surface area is 46.3 Å². The molecule has 0 atom stereocenters. The molecule has 1 radical (unpaired) electrons. The van der Waals surface area contributed by atoms with Crippen LogP contribution in [0.4, 0.5) is 0 Å². The SMILES string of the molecule is O=[C]C(=O)C1(O)CC1. The largest absolute Gasteiger partial charge is 0.382 e. The van der Waals surface area contributed by atoms with E-state index in [0.29, 0.717) is 12.8 Å². The van der Waals surface area contributed by atoms with E-state index in [1.807, 2.05) is 0 Å². The number of ketones is 1. The van der Waals surface area contributed by atoms with E-state index in [1.165, 1.54) is 0 Å².